The second-order valence-corrected chi connectivity index (χ2v) is 4.83. The second kappa shape index (κ2) is 3.39. The third-order valence-electron chi connectivity index (χ3n) is 3.76. The molecule has 2 bridgehead atoms. The lowest BCUT2D eigenvalue weighted by Gasteiger charge is -2.39. The van der Waals surface area contributed by atoms with Gasteiger partial charge in [0.15, 0.2) is 0 Å². The number of aromatic nitrogens is 2. The first-order valence-electron chi connectivity index (χ1n) is 5.61. The second-order valence-electron chi connectivity index (χ2n) is 4.83. The maximum Gasteiger partial charge on any atom is 0.0522 e. The quantitative estimate of drug-likeness (QED) is 0.706. The minimum Gasteiger partial charge on any atom is -0.316 e. The van der Waals surface area contributed by atoms with Crippen molar-refractivity contribution >= 4 is 0 Å². The van der Waals surface area contributed by atoms with Gasteiger partial charge in [-0.25, -0.2) is 0 Å². The first kappa shape index (κ1) is 8.48. The maximum atomic E-state index is 4.05. The highest BCUT2D eigenvalue weighted by Gasteiger charge is 2.32. The van der Waals surface area contributed by atoms with Crippen molar-refractivity contribution in [2.75, 3.05) is 13.1 Å². The van der Waals surface area contributed by atoms with Gasteiger partial charge in [0.1, 0.15) is 0 Å². The van der Waals surface area contributed by atoms with Crippen LogP contribution in [0.4, 0.5) is 0 Å². The Morgan fingerprint density at radius 2 is 1.93 bits per heavy atom. The molecule has 2 unspecified atom stereocenters. The van der Waals surface area contributed by atoms with E-state index in [-0.39, 0.29) is 0 Å². The van der Waals surface area contributed by atoms with Crippen molar-refractivity contribution in [3.05, 3.63) is 18.0 Å². The van der Waals surface area contributed by atoms with E-state index >= 15 is 0 Å². The first-order valence-corrected chi connectivity index (χ1v) is 5.61. The van der Waals surface area contributed by atoms with Crippen LogP contribution in [0.5, 0.6) is 0 Å². The maximum absolute atomic E-state index is 4.05. The Kier molecular flexibility index (Phi) is 2.05. The Morgan fingerprint density at radius 3 is 2.57 bits per heavy atom. The molecule has 2 atom stereocenters. The summed E-state index contributed by atoms with van der Waals surface area (Å²) >= 11 is 0. The van der Waals surface area contributed by atoms with Gasteiger partial charge in [-0.2, -0.15) is 5.10 Å². The average molecular weight is 191 g/mol. The Labute approximate surface area is 84.3 Å². The van der Waals surface area contributed by atoms with Gasteiger partial charge in [0, 0.05) is 6.20 Å². The molecule has 2 fully saturated rings. The predicted molar refractivity (Wildman–Crippen MR) is 55.0 cm³/mol. The summed E-state index contributed by atoms with van der Waals surface area (Å²) in [6.45, 7) is 2.45. The lowest BCUT2D eigenvalue weighted by atomic mass is 9.71. The molecule has 2 heterocycles. The highest BCUT2D eigenvalue weighted by atomic mass is 15.1. The van der Waals surface area contributed by atoms with E-state index in [1.54, 1.807) is 0 Å². The third-order valence-corrected chi connectivity index (χ3v) is 3.76. The number of hydrogen-bond donors (Lipinski definition) is 2. The minimum atomic E-state index is 0.764. The molecule has 0 aromatic carbocycles. The topological polar surface area (TPSA) is 40.7 Å². The fraction of sp³-hybridized carbons (Fsp3) is 0.727. The van der Waals surface area contributed by atoms with Gasteiger partial charge in [-0.15, -0.1) is 0 Å². The summed E-state index contributed by atoms with van der Waals surface area (Å²) in [5.74, 6) is 2.57. The van der Waals surface area contributed by atoms with Crippen molar-refractivity contribution < 1.29 is 0 Å². The zero-order valence-electron chi connectivity index (χ0n) is 8.37. The van der Waals surface area contributed by atoms with Crippen LogP contribution in [0.3, 0.4) is 0 Å². The van der Waals surface area contributed by atoms with E-state index in [2.05, 4.69) is 21.7 Å². The van der Waals surface area contributed by atoms with Crippen molar-refractivity contribution in [3.8, 4) is 0 Å². The molecule has 1 aliphatic carbocycles. The fourth-order valence-electron chi connectivity index (χ4n) is 3.15. The molecule has 3 nitrogen and oxygen atoms in total. The van der Waals surface area contributed by atoms with Gasteiger partial charge >= 0.3 is 0 Å². The lowest BCUT2D eigenvalue weighted by Crippen LogP contribution is -2.40. The predicted octanol–water partition coefficient (Wildman–Crippen LogP) is 1.51. The molecule has 76 valence electrons. The number of fused-ring (bicyclic) bond motifs is 2. The van der Waals surface area contributed by atoms with Crippen LogP contribution in [-0.4, -0.2) is 23.3 Å². The zero-order chi connectivity index (χ0) is 9.38. The molecule has 0 radical (unpaired) electrons. The van der Waals surface area contributed by atoms with E-state index in [1.807, 2.05) is 6.20 Å². The van der Waals surface area contributed by atoms with E-state index in [4.69, 9.17) is 0 Å². The van der Waals surface area contributed by atoms with Crippen molar-refractivity contribution in [2.24, 2.45) is 11.8 Å². The van der Waals surface area contributed by atoms with Gasteiger partial charge in [0.05, 0.1) is 6.20 Å². The highest BCUT2D eigenvalue weighted by molar-refractivity contribution is 5.12. The molecule has 1 saturated heterocycles. The fourth-order valence-corrected chi connectivity index (χ4v) is 3.15. The van der Waals surface area contributed by atoms with Gasteiger partial charge in [0.25, 0.3) is 0 Å². The molecule has 3 rings (SSSR count). The number of hydrogen-bond acceptors (Lipinski definition) is 2. The summed E-state index contributed by atoms with van der Waals surface area (Å²) in [4.78, 5) is 0. The molecular weight excluding hydrogens is 174 g/mol. The summed E-state index contributed by atoms with van der Waals surface area (Å²) < 4.78 is 0. The van der Waals surface area contributed by atoms with Crippen molar-refractivity contribution in [2.45, 2.75) is 25.2 Å². The molecule has 0 amide bonds. The van der Waals surface area contributed by atoms with Gasteiger partial charge in [-0.1, -0.05) is 0 Å². The van der Waals surface area contributed by atoms with E-state index in [9.17, 15) is 0 Å². The summed E-state index contributed by atoms with van der Waals surface area (Å²) in [6.07, 6.45) is 8.21. The summed E-state index contributed by atoms with van der Waals surface area (Å²) in [5.41, 5.74) is 1.42. The van der Waals surface area contributed by atoms with Crippen LogP contribution in [-0.2, 0) is 0 Å². The Balaban J connectivity index is 1.77. The summed E-state index contributed by atoms with van der Waals surface area (Å²) in [5, 5.41) is 10.5. The standard InChI is InChI=1S/C11H17N3/c1-8-2-10(11-6-13-14-7-11)3-9(1)5-12-4-8/h6-10,12H,1-5H2,(H,13,14). The monoisotopic (exact) mass is 191 g/mol. The average Bonchev–Trinajstić information content (AvgIpc) is 2.69. The third kappa shape index (κ3) is 1.46. The number of piperidine rings is 1. The van der Waals surface area contributed by atoms with Gasteiger partial charge < -0.3 is 5.32 Å². The zero-order valence-corrected chi connectivity index (χ0v) is 8.37. The number of nitrogens with one attached hydrogen (secondary N) is 2. The van der Waals surface area contributed by atoms with E-state index < -0.39 is 0 Å². The normalized spacial score (nSPS) is 37.0. The Morgan fingerprint density at radius 1 is 1.14 bits per heavy atom. The van der Waals surface area contributed by atoms with Gasteiger partial charge in [0.2, 0.25) is 0 Å². The van der Waals surface area contributed by atoms with Crippen molar-refractivity contribution in [3.63, 3.8) is 0 Å². The summed E-state index contributed by atoms with van der Waals surface area (Å²) in [7, 11) is 0. The Hall–Kier alpha value is -0.830. The largest absolute Gasteiger partial charge is 0.316 e. The minimum absolute atomic E-state index is 0.764. The molecule has 2 N–H and O–H groups in total. The number of H-pyrrole nitrogens is 1. The van der Waals surface area contributed by atoms with E-state index in [1.165, 1.54) is 37.9 Å². The SMILES string of the molecule is c1n[nH]cc1C1CC2CNCC(C2)C1. The van der Waals surface area contributed by atoms with Crippen LogP contribution in [0.15, 0.2) is 12.4 Å². The van der Waals surface area contributed by atoms with Crippen LogP contribution in [0.2, 0.25) is 0 Å². The first-order chi connectivity index (χ1) is 6.92. The number of aromatic amines is 1. The van der Waals surface area contributed by atoms with Crippen LogP contribution < -0.4 is 5.32 Å². The van der Waals surface area contributed by atoms with E-state index in [0.29, 0.717) is 0 Å². The van der Waals surface area contributed by atoms with Crippen LogP contribution in [0, 0.1) is 11.8 Å². The Bertz CT molecular complexity index is 281. The van der Waals surface area contributed by atoms with E-state index in [0.717, 1.165) is 17.8 Å². The molecule has 2 aliphatic rings. The molecular formula is C11H17N3. The lowest BCUT2D eigenvalue weighted by molar-refractivity contribution is 0.186. The smallest absolute Gasteiger partial charge is 0.0522 e. The van der Waals surface area contributed by atoms with Gasteiger partial charge in [-0.3, -0.25) is 5.10 Å². The van der Waals surface area contributed by atoms with Gasteiger partial charge in [-0.05, 0) is 55.7 Å². The molecule has 1 aliphatic heterocycles. The number of nitrogens with zero attached hydrogens (tertiary/aromatic N) is 1. The summed E-state index contributed by atoms with van der Waals surface area (Å²) in [6, 6.07) is 0. The van der Waals surface area contributed by atoms with Crippen LogP contribution in [0.25, 0.3) is 0 Å². The van der Waals surface area contributed by atoms with Crippen molar-refractivity contribution in [1.29, 1.82) is 0 Å². The molecule has 3 heteroatoms. The van der Waals surface area contributed by atoms with Crippen molar-refractivity contribution in [1.82, 2.24) is 15.5 Å². The van der Waals surface area contributed by atoms with Crippen LogP contribution in [0.1, 0.15) is 30.7 Å². The highest BCUT2D eigenvalue weighted by Crippen LogP contribution is 2.40. The number of rotatable bonds is 1. The molecule has 1 aromatic heterocycles. The molecule has 0 spiro atoms. The van der Waals surface area contributed by atoms with Crippen LogP contribution >= 0.6 is 0 Å². The molecule has 1 aromatic rings. The molecule has 1 saturated carbocycles. The molecule has 14 heavy (non-hydrogen) atoms.